The highest BCUT2D eigenvalue weighted by atomic mass is 79.9. The van der Waals surface area contributed by atoms with Crippen molar-refractivity contribution in [1.29, 1.82) is 0 Å². The fourth-order valence-corrected chi connectivity index (χ4v) is 6.42. The third kappa shape index (κ3) is 7.85. The fourth-order valence-electron chi connectivity index (χ4n) is 4.54. The lowest BCUT2D eigenvalue weighted by Gasteiger charge is -2.33. The molecule has 4 aromatic rings. The molecule has 1 unspecified atom stereocenters. The number of halogens is 1. The molecule has 1 atom stereocenters. The van der Waals surface area contributed by atoms with Gasteiger partial charge in [0.25, 0.3) is 15.7 Å². The number of benzene rings is 4. The first kappa shape index (κ1) is 31.4. The second kappa shape index (κ2) is 14.1. The van der Waals surface area contributed by atoms with Crippen molar-refractivity contribution in [3.8, 4) is 0 Å². The van der Waals surface area contributed by atoms with Gasteiger partial charge in [-0.15, -0.1) is 0 Å². The van der Waals surface area contributed by atoms with Crippen molar-refractivity contribution < 1.29 is 22.9 Å². The van der Waals surface area contributed by atoms with Crippen molar-refractivity contribution in [3.63, 3.8) is 0 Å². The molecule has 4 rings (SSSR count). The Balaban J connectivity index is 1.79. The molecule has 0 aromatic heterocycles. The Hall–Kier alpha value is -4.55. The van der Waals surface area contributed by atoms with Gasteiger partial charge in [-0.3, -0.25) is 24.0 Å². The quantitative estimate of drug-likeness (QED) is 0.169. The molecule has 0 spiro atoms. The molecule has 0 saturated heterocycles. The molecule has 2 amide bonds. The topological polar surface area (TPSA) is 130 Å². The number of nitro groups is 1. The smallest absolute Gasteiger partial charge is 0.269 e. The number of rotatable bonds is 12. The van der Waals surface area contributed by atoms with Crippen LogP contribution in [-0.2, 0) is 32.6 Å². The normalized spacial score (nSPS) is 11.8. The standard InChI is InChI=1S/C31H29BrN4O6S/c1-33-31(38)29(20-23-9-4-2-5-10-23)34(21-24-11-8-12-25(32)19-24)30(37)22-35(26-15-17-27(18-16-26)36(39)40)43(41,42)28-13-6-3-7-14-28/h2-19,29H,20-22H2,1H3,(H,33,38). The van der Waals surface area contributed by atoms with Crippen LogP contribution in [0.2, 0.25) is 0 Å². The molecule has 0 radical (unpaired) electrons. The summed E-state index contributed by atoms with van der Waals surface area (Å²) >= 11 is 3.44. The van der Waals surface area contributed by atoms with Gasteiger partial charge in [-0.05, 0) is 47.5 Å². The van der Waals surface area contributed by atoms with Crippen LogP contribution in [0.1, 0.15) is 11.1 Å². The van der Waals surface area contributed by atoms with Gasteiger partial charge in [-0.2, -0.15) is 0 Å². The SMILES string of the molecule is CNC(=O)C(Cc1ccccc1)N(Cc1cccc(Br)c1)C(=O)CN(c1ccc([N+](=O)[O-])cc1)S(=O)(=O)c1ccccc1. The monoisotopic (exact) mass is 664 g/mol. The van der Waals surface area contributed by atoms with Crippen LogP contribution in [0.15, 0.2) is 119 Å². The number of nitro benzene ring substituents is 1. The van der Waals surface area contributed by atoms with E-state index in [1.165, 1.54) is 48.3 Å². The van der Waals surface area contributed by atoms with Gasteiger partial charge in [-0.25, -0.2) is 8.42 Å². The van der Waals surface area contributed by atoms with Crippen LogP contribution in [0.3, 0.4) is 0 Å². The van der Waals surface area contributed by atoms with Crippen molar-refractivity contribution in [1.82, 2.24) is 10.2 Å². The zero-order valence-corrected chi connectivity index (χ0v) is 25.6. The molecule has 0 aliphatic rings. The fraction of sp³-hybridized carbons (Fsp3) is 0.161. The van der Waals surface area contributed by atoms with Gasteiger partial charge >= 0.3 is 0 Å². The average molecular weight is 666 g/mol. The summed E-state index contributed by atoms with van der Waals surface area (Å²) in [6.45, 7) is -0.645. The minimum atomic E-state index is -4.30. The number of sulfonamides is 1. The zero-order chi connectivity index (χ0) is 31.0. The van der Waals surface area contributed by atoms with Crippen molar-refractivity contribution in [3.05, 3.63) is 135 Å². The molecule has 0 fully saturated rings. The van der Waals surface area contributed by atoms with Crippen LogP contribution in [0.4, 0.5) is 11.4 Å². The molecule has 0 aliphatic heterocycles. The highest BCUT2D eigenvalue weighted by molar-refractivity contribution is 9.10. The van der Waals surface area contributed by atoms with E-state index in [1.807, 2.05) is 48.5 Å². The van der Waals surface area contributed by atoms with Crippen molar-refractivity contribution >= 4 is 49.1 Å². The van der Waals surface area contributed by atoms with Crippen LogP contribution in [0.25, 0.3) is 0 Å². The maximum Gasteiger partial charge on any atom is 0.269 e. The number of likely N-dealkylation sites (N-methyl/N-ethyl adjacent to an activating group) is 1. The first-order valence-corrected chi connectivity index (χ1v) is 15.4. The predicted octanol–water partition coefficient (Wildman–Crippen LogP) is 4.94. The van der Waals surface area contributed by atoms with Gasteiger partial charge < -0.3 is 10.2 Å². The number of amides is 2. The maximum atomic E-state index is 14.2. The van der Waals surface area contributed by atoms with Crippen molar-refractivity contribution in [2.75, 3.05) is 17.9 Å². The van der Waals surface area contributed by atoms with E-state index in [2.05, 4.69) is 21.2 Å². The van der Waals surface area contributed by atoms with E-state index in [0.29, 0.717) is 0 Å². The summed E-state index contributed by atoms with van der Waals surface area (Å²) < 4.78 is 29.5. The first-order chi connectivity index (χ1) is 20.6. The van der Waals surface area contributed by atoms with Gasteiger partial charge in [0.15, 0.2) is 0 Å². The summed E-state index contributed by atoms with van der Waals surface area (Å²) in [6.07, 6.45) is 0.184. The lowest BCUT2D eigenvalue weighted by Crippen LogP contribution is -2.53. The average Bonchev–Trinajstić information content (AvgIpc) is 3.02. The first-order valence-electron chi connectivity index (χ1n) is 13.2. The molecule has 1 N–H and O–H groups in total. The number of carbonyl (C=O) groups is 2. The Morgan fingerprint density at radius 2 is 1.49 bits per heavy atom. The van der Waals surface area contributed by atoms with E-state index in [4.69, 9.17) is 0 Å². The Bertz CT molecular complexity index is 1690. The number of carbonyl (C=O) groups excluding carboxylic acids is 2. The Morgan fingerprint density at radius 3 is 2.07 bits per heavy atom. The Labute approximate surface area is 258 Å². The number of anilines is 1. The maximum absolute atomic E-state index is 14.2. The van der Waals surface area contributed by atoms with Gasteiger partial charge in [0.1, 0.15) is 12.6 Å². The lowest BCUT2D eigenvalue weighted by molar-refractivity contribution is -0.384. The summed E-state index contributed by atoms with van der Waals surface area (Å²) in [4.78, 5) is 39.5. The summed E-state index contributed by atoms with van der Waals surface area (Å²) in [5.41, 5.74) is 1.36. The second-order valence-corrected chi connectivity index (χ2v) is 12.3. The highest BCUT2D eigenvalue weighted by Crippen LogP contribution is 2.27. The van der Waals surface area contributed by atoms with E-state index in [1.54, 1.807) is 24.3 Å². The zero-order valence-electron chi connectivity index (χ0n) is 23.2. The Morgan fingerprint density at radius 1 is 0.884 bits per heavy atom. The molecule has 222 valence electrons. The molecular formula is C31H29BrN4O6S. The van der Waals surface area contributed by atoms with E-state index in [-0.39, 0.29) is 29.2 Å². The largest absolute Gasteiger partial charge is 0.357 e. The third-order valence-electron chi connectivity index (χ3n) is 6.72. The van der Waals surface area contributed by atoms with E-state index in [9.17, 15) is 28.1 Å². The highest BCUT2D eigenvalue weighted by Gasteiger charge is 2.34. The lowest BCUT2D eigenvalue weighted by atomic mass is 10.0. The molecule has 0 heterocycles. The van der Waals surface area contributed by atoms with Crippen LogP contribution in [-0.4, -0.2) is 49.7 Å². The number of nitrogens with zero attached hydrogens (tertiary/aromatic N) is 3. The van der Waals surface area contributed by atoms with Gasteiger partial charge in [0.05, 0.1) is 15.5 Å². The molecular weight excluding hydrogens is 636 g/mol. The minimum Gasteiger partial charge on any atom is -0.357 e. The van der Waals surface area contributed by atoms with E-state index >= 15 is 0 Å². The molecule has 4 aromatic carbocycles. The summed E-state index contributed by atoms with van der Waals surface area (Å²) in [5, 5.41) is 13.9. The second-order valence-electron chi connectivity index (χ2n) is 9.57. The van der Waals surface area contributed by atoms with Crippen molar-refractivity contribution in [2.45, 2.75) is 23.9 Å². The molecule has 12 heteroatoms. The summed E-state index contributed by atoms with van der Waals surface area (Å²) in [5.74, 6) is -1.05. The van der Waals surface area contributed by atoms with Gasteiger partial charge in [0.2, 0.25) is 11.8 Å². The summed E-state index contributed by atoms with van der Waals surface area (Å²) in [6, 6.07) is 28.0. The van der Waals surface area contributed by atoms with E-state index in [0.717, 1.165) is 19.9 Å². The van der Waals surface area contributed by atoms with Crippen LogP contribution in [0.5, 0.6) is 0 Å². The molecule has 43 heavy (non-hydrogen) atoms. The number of nitrogens with one attached hydrogen (secondary N) is 1. The number of hydrogen-bond donors (Lipinski definition) is 1. The molecule has 0 bridgehead atoms. The molecule has 0 aliphatic carbocycles. The van der Waals surface area contributed by atoms with Gasteiger partial charge in [0, 0.05) is 36.6 Å². The minimum absolute atomic E-state index is 0.0165. The Kier molecular flexibility index (Phi) is 10.3. The molecule has 10 nitrogen and oxygen atoms in total. The van der Waals surface area contributed by atoms with Gasteiger partial charge in [-0.1, -0.05) is 76.6 Å². The third-order valence-corrected chi connectivity index (χ3v) is 9.00. The predicted molar refractivity (Wildman–Crippen MR) is 167 cm³/mol. The van der Waals surface area contributed by atoms with Crippen LogP contribution < -0.4 is 9.62 Å². The number of hydrogen-bond acceptors (Lipinski definition) is 6. The summed E-state index contributed by atoms with van der Waals surface area (Å²) in [7, 11) is -2.82. The molecule has 0 saturated carbocycles. The van der Waals surface area contributed by atoms with Crippen LogP contribution >= 0.6 is 15.9 Å². The van der Waals surface area contributed by atoms with Crippen LogP contribution in [0, 0.1) is 10.1 Å². The van der Waals surface area contributed by atoms with E-state index < -0.39 is 39.3 Å². The number of non-ortho nitro benzene ring substituents is 1. The van der Waals surface area contributed by atoms with Crippen molar-refractivity contribution in [2.24, 2.45) is 0 Å².